The zero-order chi connectivity index (χ0) is 26.0. The summed E-state index contributed by atoms with van der Waals surface area (Å²) in [7, 11) is 2.29. The number of esters is 2. The van der Waals surface area contributed by atoms with E-state index < -0.39 is 40.9 Å². The van der Waals surface area contributed by atoms with Crippen LogP contribution < -0.4 is 0 Å². The summed E-state index contributed by atoms with van der Waals surface area (Å²) in [5.74, 6) is -6.21. The molecule has 0 unspecified atom stereocenters. The molecule has 4 rings (SSSR count). The largest absolute Gasteiger partial charge is 0.511 e. The molecule has 0 aromatic heterocycles. The van der Waals surface area contributed by atoms with Gasteiger partial charge in [-0.2, -0.15) is 10.5 Å². The second-order valence-corrected chi connectivity index (χ2v) is 8.77. The second-order valence-electron chi connectivity index (χ2n) is 8.77. The number of fused-ring (bicyclic) bond motifs is 1. The number of rotatable bonds is 4. The Morgan fingerprint density at radius 2 is 1.56 bits per heavy atom. The number of methoxy groups -OCH3 is 2. The molecular formula is C29H24N2O5. The molecule has 180 valence electrons. The van der Waals surface area contributed by atoms with Crippen LogP contribution in [0.1, 0.15) is 28.5 Å². The molecule has 0 amide bonds. The highest BCUT2D eigenvalue weighted by atomic mass is 16.5. The molecule has 0 fully saturated rings. The number of nitriles is 2. The molecule has 0 spiro atoms. The van der Waals surface area contributed by atoms with Gasteiger partial charge in [-0.1, -0.05) is 72.3 Å². The molecule has 7 heteroatoms. The molecule has 0 heterocycles. The van der Waals surface area contributed by atoms with E-state index in [0.717, 1.165) is 25.2 Å². The van der Waals surface area contributed by atoms with E-state index >= 15 is 0 Å². The van der Waals surface area contributed by atoms with Crippen LogP contribution in [0.2, 0.25) is 0 Å². The number of nitrogens with zero attached hydrogens (tertiary/aromatic N) is 2. The molecular weight excluding hydrogens is 456 g/mol. The summed E-state index contributed by atoms with van der Waals surface area (Å²) in [4.78, 5) is 26.2. The molecule has 0 saturated carbocycles. The van der Waals surface area contributed by atoms with Crippen LogP contribution in [0.25, 0.3) is 10.8 Å². The Hall–Kier alpha value is -4.62. The van der Waals surface area contributed by atoms with Crippen LogP contribution in [0.3, 0.4) is 0 Å². The fraction of sp³-hybridized carbons (Fsp3) is 0.241. The number of ether oxygens (including phenoxy) is 2. The molecule has 36 heavy (non-hydrogen) atoms. The summed E-state index contributed by atoms with van der Waals surface area (Å²) in [5, 5.41) is 34.4. The molecule has 1 N–H and O–H groups in total. The lowest BCUT2D eigenvalue weighted by atomic mass is 9.53. The van der Waals surface area contributed by atoms with Gasteiger partial charge in [-0.15, -0.1) is 0 Å². The van der Waals surface area contributed by atoms with E-state index in [4.69, 9.17) is 9.47 Å². The van der Waals surface area contributed by atoms with Gasteiger partial charge in [0.05, 0.1) is 37.8 Å². The van der Waals surface area contributed by atoms with E-state index in [0.29, 0.717) is 16.5 Å². The Morgan fingerprint density at radius 1 is 0.917 bits per heavy atom. The zero-order valence-electron chi connectivity index (χ0n) is 20.1. The van der Waals surface area contributed by atoms with Gasteiger partial charge in [-0.3, -0.25) is 4.79 Å². The van der Waals surface area contributed by atoms with Gasteiger partial charge >= 0.3 is 11.9 Å². The van der Waals surface area contributed by atoms with Crippen LogP contribution in [0.5, 0.6) is 0 Å². The van der Waals surface area contributed by atoms with Crippen molar-refractivity contribution in [2.75, 3.05) is 14.2 Å². The van der Waals surface area contributed by atoms with E-state index in [1.165, 1.54) is 0 Å². The number of aryl methyl sites for hydroxylation is 1. The number of hydrogen-bond acceptors (Lipinski definition) is 7. The minimum Gasteiger partial charge on any atom is -0.511 e. The lowest BCUT2D eigenvalue weighted by Crippen LogP contribution is -2.47. The second kappa shape index (κ2) is 9.56. The predicted molar refractivity (Wildman–Crippen MR) is 131 cm³/mol. The molecule has 1 aliphatic carbocycles. The smallest absolute Gasteiger partial charge is 0.337 e. The number of hydrogen-bond donors (Lipinski definition) is 1. The van der Waals surface area contributed by atoms with Crippen molar-refractivity contribution >= 4 is 22.7 Å². The van der Waals surface area contributed by atoms with E-state index in [-0.39, 0.29) is 5.57 Å². The quantitative estimate of drug-likeness (QED) is 0.531. The Morgan fingerprint density at radius 3 is 2.17 bits per heavy atom. The molecule has 0 radical (unpaired) electrons. The van der Waals surface area contributed by atoms with E-state index in [1.807, 2.05) is 37.3 Å². The number of carbonyl (C=O) groups is 2. The first-order valence-corrected chi connectivity index (χ1v) is 11.3. The maximum Gasteiger partial charge on any atom is 0.337 e. The summed E-state index contributed by atoms with van der Waals surface area (Å²) in [6, 6.07) is 24.1. The first-order chi connectivity index (χ1) is 17.3. The highest BCUT2D eigenvalue weighted by molar-refractivity contribution is 5.96. The lowest BCUT2D eigenvalue weighted by Gasteiger charge is -2.44. The van der Waals surface area contributed by atoms with Gasteiger partial charge in [0, 0.05) is 5.92 Å². The Balaban J connectivity index is 2.18. The van der Waals surface area contributed by atoms with E-state index in [2.05, 4.69) is 12.1 Å². The summed E-state index contributed by atoms with van der Waals surface area (Å²) < 4.78 is 9.98. The molecule has 0 aliphatic heterocycles. The summed E-state index contributed by atoms with van der Waals surface area (Å²) in [6.07, 6.45) is 0. The van der Waals surface area contributed by atoms with Crippen LogP contribution in [-0.2, 0) is 19.1 Å². The van der Waals surface area contributed by atoms with Crippen molar-refractivity contribution in [3.05, 3.63) is 94.8 Å². The van der Waals surface area contributed by atoms with Gasteiger partial charge in [-0.05, 0) is 28.8 Å². The predicted octanol–water partition coefficient (Wildman–Crippen LogP) is 4.84. The highest BCUT2D eigenvalue weighted by Gasteiger charge is 2.61. The monoisotopic (exact) mass is 480 g/mol. The van der Waals surface area contributed by atoms with Gasteiger partial charge in [0.25, 0.3) is 0 Å². The maximum absolute atomic E-state index is 13.2. The molecule has 0 bridgehead atoms. The summed E-state index contributed by atoms with van der Waals surface area (Å²) >= 11 is 0. The van der Waals surface area contributed by atoms with E-state index in [9.17, 15) is 25.2 Å². The molecule has 0 saturated heterocycles. The van der Waals surface area contributed by atoms with Crippen LogP contribution in [0.15, 0.2) is 78.1 Å². The van der Waals surface area contributed by atoms with Crippen LogP contribution in [0.4, 0.5) is 0 Å². The van der Waals surface area contributed by atoms with Crippen LogP contribution in [0, 0.1) is 40.9 Å². The molecule has 7 nitrogen and oxygen atoms in total. The molecule has 1 aliphatic rings. The van der Waals surface area contributed by atoms with Crippen molar-refractivity contribution in [3.8, 4) is 12.1 Å². The van der Waals surface area contributed by atoms with Gasteiger partial charge in [0.15, 0.2) is 5.41 Å². The zero-order valence-corrected chi connectivity index (χ0v) is 20.1. The van der Waals surface area contributed by atoms with Crippen molar-refractivity contribution in [2.45, 2.75) is 18.8 Å². The molecule has 3 aromatic rings. The van der Waals surface area contributed by atoms with Gasteiger partial charge in [0.2, 0.25) is 0 Å². The SMILES string of the molecule is COC(=O)C1=C(O)[C@H](C(=O)OC)[C@@H](c2ccc(C)cc2)C(C#N)(C#N)[C@@H]1c1cccc2ccccc12. The number of aliphatic hydroxyl groups excluding tert-OH is 1. The third kappa shape index (κ3) is 3.66. The van der Waals surface area contributed by atoms with Gasteiger partial charge < -0.3 is 14.6 Å². The first-order valence-electron chi connectivity index (χ1n) is 11.3. The average molecular weight is 481 g/mol. The fourth-order valence-corrected chi connectivity index (χ4v) is 5.28. The third-order valence-corrected chi connectivity index (χ3v) is 6.94. The van der Waals surface area contributed by atoms with Crippen molar-refractivity contribution in [1.29, 1.82) is 10.5 Å². The van der Waals surface area contributed by atoms with Gasteiger partial charge in [0.1, 0.15) is 11.7 Å². The first kappa shape index (κ1) is 24.5. The standard InChI is InChI=1S/C29H24N2O5/c1-17-11-13-19(14-12-17)24-22(27(33)35-2)26(32)23(28(34)36-3)25(29(24,15-30)16-31)21-10-6-8-18-7-4-5-9-20(18)21/h4-14,22,24-25,32H,1-3H3/t22-,24-,25-/m1/s1. The van der Waals surface area contributed by atoms with Crippen molar-refractivity contribution in [2.24, 2.45) is 11.3 Å². The van der Waals surface area contributed by atoms with Gasteiger partial charge in [-0.25, -0.2) is 4.79 Å². The highest BCUT2D eigenvalue weighted by Crippen LogP contribution is 2.59. The maximum atomic E-state index is 13.2. The van der Waals surface area contributed by atoms with Crippen LogP contribution >= 0.6 is 0 Å². The Kier molecular flexibility index (Phi) is 6.51. The summed E-state index contributed by atoms with van der Waals surface area (Å²) in [6.45, 7) is 1.88. The van der Waals surface area contributed by atoms with Crippen LogP contribution in [-0.4, -0.2) is 31.3 Å². The Labute approximate surface area is 208 Å². The topological polar surface area (TPSA) is 120 Å². The summed E-state index contributed by atoms with van der Waals surface area (Å²) in [5.41, 5.74) is -0.378. The van der Waals surface area contributed by atoms with Crippen molar-refractivity contribution < 1.29 is 24.2 Å². The number of benzene rings is 3. The normalized spacial score (nSPS) is 20.8. The van der Waals surface area contributed by atoms with Crippen molar-refractivity contribution in [1.82, 2.24) is 0 Å². The molecule has 3 aromatic carbocycles. The minimum absolute atomic E-state index is 0.310. The molecule has 3 atom stereocenters. The average Bonchev–Trinajstić information content (AvgIpc) is 2.92. The third-order valence-electron chi connectivity index (χ3n) is 6.94. The number of aliphatic hydroxyl groups is 1. The minimum atomic E-state index is -1.98. The Bertz CT molecular complexity index is 1440. The van der Waals surface area contributed by atoms with E-state index in [1.54, 1.807) is 36.4 Å². The lowest BCUT2D eigenvalue weighted by molar-refractivity contribution is -0.147. The number of carbonyl (C=O) groups excluding carboxylic acids is 2. The fourth-order valence-electron chi connectivity index (χ4n) is 5.28. The van der Waals surface area contributed by atoms with Crippen molar-refractivity contribution in [3.63, 3.8) is 0 Å².